The van der Waals surface area contributed by atoms with E-state index in [-0.39, 0.29) is 0 Å². The summed E-state index contributed by atoms with van der Waals surface area (Å²) >= 11 is 0. The Bertz CT molecular complexity index is 163. The Morgan fingerprint density at radius 1 is 1.60 bits per heavy atom. The Hall–Kier alpha value is -0.470. The molecule has 0 heterocycles. The predicted octanol–water partition coefficient (Wildman–Crippen LogP) is -0.688. The average Bonchev–Trinajstić information content (AvgIpc) is 1.86. The van der Waals surface area contributed by atoms with Crippen LogP contribution in [0.5, 0.6) is 0 Å². The van der Waals surface area contributed by atoms with Crippen LogP contribution in [0.4, 0.5) is 0 Å². The molecule has 0 spiro atoms. The largest absolute Gasteiger partial charge is 0.466 e. The van der Waals surface area contributed by atoms with Gasteiger partial charge in [0.1, 0.15) is 0 Å². The second-order valence-electron chi connectivity index (χ2n) is 1.81. The predicted molar refractivity (Wildman–Crippen MR) is 37.4 cm³/mol. The highest BCUT2D eigenvalue weighted by Gasteiger charge is 2.36. The van der Waals surface area contributed by atoms with Gasteiger partial charge in [0.05, 0.1) is 7.11 Å². The van der Waals surface area contributed by atoms with E-state index in [0.29, 0.717) is 0 Å². The van der Waals surface area contributed by atoms with E-state index in [4.69, 9.17) is 5.11 Å². The summed E-state index contributed by atoms with van der Waals surface area (Å²) < 4.78 is 4.15. The quantitative estimate of drug-likeness (QED) is 0.333. The molecule has 0 aromatic carbocycles. The summed E-state index contributed by atoms with van der Waals surface area (Å²) in [4.78, 5) is 21.1. The molecule has 5 heteroatoms. The van der Waals surface area contributed by atoms with E-state index < -0.39 is 17.1 Å². The number of hydrogen-bond acceptors (Lipinski definition) is 4. The Kier molecular flexibility index (Phi) is 2.94. The highest BCUT2D eigenvalue weighted by Crippen LogP contribution is 2.16. The number of carbonyl (C=O) groups excluding carboxylic acids is 2. The first-order chi connectivity index (χ1) is 4.42. The molecule has 0 fully saturated rings. The minimum atomic E-state index is -2.07. The number of carbonyl (C=O) groups is 2. The third kappa shape index (κ3) is 1.75. The molecular weight excluding hydrogens is 155 g/mol. The average molecular weight is 164 g/mol. The minimum Gasteiger partial charge on any atom is -0.466 e. The molecule has 0 aliphatic carbocycles. The van der Waals surface area contributed by atoms with Crippen LogP contribution in [0, 0.1) is 0 Å². The van der Waals surface area contributed by atoms with Gasteiger partial charge < -0.3 is 9.84 Å². The van der Waals surface area contributed by atoms with Crippen molar-refractivity contribution in [1.29, 1.82) is 0 Å². The van der Waals surface area contributed by atoms with Gasteiger partial charge in [-0.2, -0.15) is 0 Å². The van der Waals surface area contributed by atoms with Gasteiger partial charge in [-0.1, -0.05) is 9.24 Å². The maximum Gasteiger partial charge on any atom is 0.349 e. The SMILES string of the molecule is COC(=O)C(O)(P)C(C)=O. The lowest BCUT2D eigenvalue weighted by Crippen LogP contribution is -2.39. The summed E-state index contributed by atoms with van der Waals surface area (Å²) in [6, 6.07) is 0. The highest BCUT2D eigenvalue weighted by molar-refractivity contribution is 7.22. The topological polar surface area (TPSA) is 63.6 Å². The van der Waals surface area contributed by atoms with E-state index in [9.17, 15) is 9.59 Å². The van der Waals surface area contributed by atoms with Crippen LogP contribution in [0.3, 0.4) is 0 Å². The lowest BCUT2D eigenvalue weighted by atomic mass is 10.2. The van der Waals surface area contributed by atoms with Crippen molar-refractivity contribution in [2.45, 2.75) is 12.3 Å². The molecule has 0 amide bonds. The van der Waals surface area contributed by atoms with E-state index in [1.54, 1.807) is 9.24 Å². The molecule has 2 atom stereocenters. The van der Waals surface area contributed by atoms with Gasteiger partial charge in [-0.15, -0.1) is 0 Å². The maximum atomic E-state index is 10.6. The molecular formula is C5H9O4P. The molecule has 0 saturated carbocycles. The molecule has 2 unspecified atom stereocenters. The number of ketones is 1. The van der Waals surface area contributed by atoms with Gasteiger partial charge in [0.2, 0.25) is 5.34 Å². The minimum absolute atomic E-state index is 0.663. The van der Waals surface area contributed by atoms with Crippen LogP contribution >= 0.6 is 9.24 Å². The van der Waals surface area contributed by atoms with Crippen molar-refractivity contribution < 1.29 is 19.4 Å². The van der Waals surface area contributed by atoms with Crippen LogP contribution in [0.1, 0.15) is 6.92 Å². The zero-order valence-corrected chi connectivity index (χ0v) is 6.90. The van der Waals surface area contributed by atoms with Crippen LogP contribution in [-0.4, -0.2) is 29.3 Å². The van der Waals surface area contributed by atoms with Gasteiger partial charge in [0.25, 0.3) is 0 Å². The van der Waals surface area contributed by atoms with Crippen molar-refractivity contribution in [1.82, 2.24) is 0 Å². The fourth-order valence-electron chi connectivity index (χ4n) is 0.299. The molecule has 4 nitrogen and oxygen atoms in total. The normalized spacial score (nSPS) is 15.6. The van der Waals surface area contributed by atoms with Crippen molar-refractivity contribution in [3.8, 4) is 0 Å². The number of methoxy groups -OCH3 is 1. The third-order valence-electron chi connectivity index (χ3n) is 1.03. The highest BCUT2D eigenvalue weighted by atomic mass is 31.0. The first kappa shape index (κ1) is 9.53. The molecule has 58 valence electrons. The van der Waals surface area contributed by atoms with Gasteiger partial charge in [0.15, 0.2) is 5.78 Å². The van der Waals surface area contributed by atoms with E-state index in [2.05, 4.69) is 4.74 Å². The van der Waals surface area contributed by atoms with E-state index in [1.807, 2.05) is 0 Å². The fraction of sp³-hybridized carbons (Fsp3) is 0.600. The second-order valence-corrected chi connectivity index (χ2v) is 2.65. The zero-order valence-electron chi connectivity index (χ0n) is 5.75. The number of hydrogen-bond donors (Lipinski definition) is 1. The van der Waals surface area contributed by atoms with Crippen molar-refractivity contribution in [2.24, 2.45) is 0 Å². The van der Waals surface area contributed by atoms with Crippen LogP contribution < -0.4 is 0 Å². The van der Waals surface area contributed by atoms with Crippen molar-refractivity contribution in [3.63, 3.8) is 0 Å². The smallest absolute Gasteiger partial charge is 0.349 e. The number of Topliss-reactive ketones (excluding diaryl/α,β-unsaturated/α-hetero) is 1. The van der Waals surface area contributed by atoms with Crippen LogP contribution in [0.15, 0.2) is 0 Å². The Morgan fingerprint density at radius 2 is 2.00 bits per heavy atom. The van der Waals surface area contributed by atoms with E-state index in [1.165, 1.54) is 0 Å². The monoisotopic (exact) mass is 164 g/mol. The van der Waals surface area contributed by atoms with Crippen LogP contribution in [0.25, 0.3) is 0 Å². The fourth-order valence-corrected chi connectivity index (χ4v) is 0.417. The van der Waals surface area contributed by atoms with Gasteiger partial charge in [-0.05, 0) is 6.92 Å². The number of rotatable bonds is 2. The van der Waals surface area contributed by atoms with Crippen LogP contribution in [0.2, 0.25) is 0 Å². The lowest BCUT2D eigenvalue weighted by molar-refractivity contribution is -0.157. The van der Waals surface area contributed by atoms with E-state index in [0.717, 1.165) is 14.0 Å². The van der Waals surface area contributed by atoms with Gasteiger partial charge in [-0.25, -0.2) is 4.79 Å². The Balaban J connectivity index is 4.40. The summed E-state index contributed by atoms with van der Waals surface area (Å²) in [7, 11) is 2.82. The first-order valence-corrected chi connectivity index (χ1v) is 3.11. The van der Waals surface area contributed by atoms with E-state index >= 15 is 0 Å². The summed E-state index contributed by atoms with van der Waals surface area (Å²) in [5.74, 6) is -1.63. The number of aliphatic hydroxyl groups is 1. The van der Waals surface area contributed by atoms with Gasteiger partial charge in [-0.3, -0.25) is 4.79 Å². The molecule has 0 bridgehead atoms. The number of esters is 1. The Morgan fingerprint density at radius 3 is 2.10 bits per heavy atom. The zero-order chi connectivity index (χ0) is 8.36. The standard InChI is InChI=1S/C5H9O4P/c1-3(6)5(8,10)4(7)9-2/h8H,10H2,1-2H3. The van der Waals surface area contributed by atoms with Crippen LogP contribution in [-0.2, 0) is 14.3 Å². The van der Waals surface area contributed by atoms with Crippen molar-refractivity contribution in [2.75, 3.05) is 7.11 Å². The van der Waals surface area contributed by atoms with Crippen molar-refractivity contribution >= 4 is 21.0 Å². The summed E-state index contributed by atoms with van der Waals surface area (Å²) in [6.45, 7) is 1.10. The molecule has 0 rings (SSSR count). The first-order valence-electron chi connectivity index (χ1n) is 2.53. The second kappa shape index (κ2) is 3.08. The summed E-state index contributed by atoms with van der Waals surface area (Å²) in [5.41, 5.74) is 0. The molecule has 0 radical (unpaired) electrons. The number of ether oxygens (including phenoxy) is 1. The molecule has 10 heavy (non-hydrogen) atoms. The third-order valence-corrected chi connectivity index (χ3v) is 1.68. The van der Waals surface area contributed by atoms with Crippen molar-refractivity contribution in [3.05, 3.63) is 0 Å². The molecule has 1 N–H and O–H groups in total. The molecule has 0 aliphatic heterocycles. The van der Waals surface area contributed by atoms with Gasteiger partial charge >= 0.3 is 5.97 Å². The maximum absolute atomic E-state index is 10.6. The lowest BCUT2D eigenvalue weighted by Gasteiger charge is -2.15. The molecule has 0 aromatic heterocycles. The molecule has 0 aromatic rings. The van der Waals surface area contributed by atoms with Gasteiger partial charge in [0, 0.05) is 0 Å². The molecule has 0 aliphatic rings. The summed E-state index contributed by atoms with van der Waals surface area (Å²) in [5, 5.41) is 6.92. The molecule has 0 saturated heterocycles. The summed E-state index contributed by atoms with van der Waals surface area (Å²) in [6.07, 6.45) is 0. The Labute approximate surface area is 60.8 Å².